The lowest BCUT2D eigenvalue weighted by atomic mass is 10.1. The number of nitrogens with zero attached hydrogens (tertiary/aromatic N) is 2. The third kappa shape index (κ3) is 2.11. The summed E-state index contributed by atoms with van der Waals surface area (Å²) >= 11 is 0. The lowest BCUT2D eigenvalue weighted by Gasteiger charge is -2.13. The van der Waals surface area contributed by atoms with Crippen molar-refractivity contribution in [3.8, 4) is 11.8 Å². The van der Waals surface area contributed by atoms with Crippen LogP contribution in [0.4, 0.5) is 0 Å². The molecular weight excluding hydrogens is 240 g/mol. The number of rotatable bonds is 2. The molecule has 0 bridgehead atoms. The van der Waals surface area contributed by atoms with E-state index in [1.165, 1.54) is 0 Å². The molecule has 0 atom stereocenters. The van der Waals surface area contributed by atoms with Gasteiger partial charge in [-0.05, 0) is 44.5 Å². The molecule has 1 aromatic heterocycles. The van der Waals surface area contributed by atoms with Crippen LogP contribution >= 0.6 is 0 Å². The van der Waals surface area contributed by atoms with Crippen molar-refractivity contribution in [2.45, 2.75) is 20.8 Å². The molecule has 0 aliphatic rings. The summed E-state index contributed by atoms with van der Waals surface area (Å²) < 4.78 is 1.87. The summed E-state index contributed by atoms with van der Waals surface area (Å²) in [7, 11) is 0. The molecule has 4 heteroatoms. The number of nitriles is 1. The van der Waals surface area contributed by atoms with Crippen molar-refractivity contribution < 1.29 is 9.90 Å². The van der Waals surface area contributed by atoms with Crippen LogP contribution in [0.15, 0.2) is 24.3 Å². The third-order valence-corrected chi connectivity index (χ3v) is 3.24. The van der Waals surface area contributed by atoms with Gasteiger partial charge >= 0.3 is 5.97 Å². The molecular formula is C15H14N2O2. The van der Waals surface area contributed by atoms with Gasteiger partial charge in [-0.3, -0.25) is 0 Å². The minimum atomic E-state index is -0.937. The standard InChI is InChI=1S/C15H14N2O2/c1-9-4-5-12(8-16)7-14(9)17-10(2)6-13(11(17)3)15(18)19/h4-7H,1-3H3,(H,18,19). The Bertz CT molecular complexity index is 706. The Hall–Kier alpha value is -2.54. The first-order valence-electron chi connectivity index (χ1n) is 5.89. The Morgan fingerprint density at radius 3 is 2.47 bits per heavy atom. The summed E-state index contributed by atoms with van der Waals surface area (Å²) in [5, 5.41) is 18.1. The molecule has 0 fully saturated rings. The van der Waals surface area contributed by atoms with Crippen LogP contribution in [0.1, 0.15) is 32.9 Å². The first-order valence-corrected chi connectivity index (χ1v) is 5.89. The van der Waals surface area contributed by atoms with E-state index in [1.807, 2.05) is 24.5 Å². The molecule has 96 valence electrons. The van der Waals surface area contributed by atoms with Crippen LogP contribution in [0.5, 0.6) is 0 Å². The maximum absolute atomic E-state index is 11.2. The fourth-order valence-electron chi connectivity index (χ4n) is 2.27. The van der Waals surface area contributed by atoms with Gasteiger partial charge in [0.2, 0.25) is 0 Å². The molecule has 0 radical (unpaired) electrons. The molecule has 1 heterocycles. The van der Waals surface area contributed by atoms with E-state index >= 15 is 0 Å². The maximum Gasteiger partial charge on any atom is 0.337 e. The second-order valence-electron chi connectivity index (χ2n) is 4.54. The summed E-state index contributed by atoms with van der Waals surface area (Å²) in [6.45, 7) is 5.57. The van der Waals surface area contributed by atoms with E-state index in [9.17, 15) is 4.79 Å². The second kappa shape index (κ2) is 4.62. The molecule has 19 heavy (non-hydrogen) atoms. The van der Waals surface area contributed by atoms with Crippen LogP contribution in [0.25, 0.3) is 5.69 Å². The van der Waals surface area contributed by atoms with Crippen LogP contribution < -0.4 is 0 Å². The molecule has 2 rings (SSSR count). The Balaban J connectivity index is 2.73. The average Bonchev–Trinajstić information content (AvgIpc) is 2.66. The number of carboxylic acids is 1. The van der Waals surface area contributed by atoms with E-state index in [1.54, 1.807) is 25.1 Å². The number of aryl methyl sites for hydroxylation is 2. The van der Waals surface area contributed by atoms with Crippen molar-refractivity contribution in [2.24, 2.45) is 0 Å². The molecule has 4 nitrogen and oxygen atoms in total. The minimum absolute atomic E-state index is 0.291. The molecule has 0 amide bonds. The predicted molar refractivity (Wildman–Crippen MR) is 71.7 cm³/mol. The first-order chi connectivity index (χ1) is 8.95. The molecule has 0 saturated heterocycles. The van der Waals surface area contributed by atoms with E-state index in [2.05, 4.69) is 6.07 Å². The molecule has 2 aromatic rings. The van der Waals surface area contributed by atoms with E-state index in [0.29, 0.717) is 16.8 Å². The van der Waals surface area contributed by atoms with E-state index in [-0.39, 0.29) is 0 Å². The quantitative estimate of drug-likeness (QED) is 0.895. The first kappa shape index (κ1) is 12.9. The van der Waals surface area contributed by atoms with Gasteiger partial charge in [-0.1, -0.05) is 6.07 Å². The fraction of sp³-hybridized carbons (Fsp3) is 0.200. The number of hydrogen-bond acceptors (Lipinski definition) is 2. The fourth-order valence-corrected chi connectivity index (χ4v) is 2.27. The van der Waals surface area contributed by atoms with Gasteiger partial charge in [0.05, 0.1) is 17.2 Å². The summed E-state index contributed by atoms with van der Waals surface area (Å²) in [5.41, 5.74) is 4.21. The number of aromatic carboxylic acids is 1. The van der Waals surface area contributed by atoms with Crippen LogP contribution in [0.3, 0.4) is 0 Å². The zero-order valence-electron chi connectivity index (χ0n) is 11.1. The summed E-state index contributed by atoms with van der Waals surface area (Å²) in [5.74, 6) is -0.937. The average molecular weight is 254 g/mol. The number of hydrogen-bond donors (Lipinski definition) is 1. The van der Waals surface area contributed by atoms with Crippen LogP contribution in [0, 0.1) is 32.1 Å². The van der Waals surface area contributed by atoms with E-state index in [0.717, 1.165) is 16.9 Å². The highest BCUT2D eigenvalue weighted by molar-refractivity contribution is 5.89. The van der Waals surface area contributed by atoms with Gasteiger partial charge < -0.3 is 9.67 Å². The third-order valence-electron chi connectivity index (χ3n) is 3.24. The Morgan fingerprint density at radius 2 is 1.95 bits per heavy atom. The lowest BCUT2D eigenvalue weighted by Crippen LogP contribution is -2.04. The Labute approximate surface area is 111 Å². The van der Waals surface area contributed by atoms with Gasteiger partial charge in [0, 0.05) is 17.1 Å². The van der Waals surface area contributed by atoms with Crippen LogP contribution in [-0.2, 0) is 0 Å². The SMILES string of the molecule is Cc1ccc(C#N)cc1-n1c(C)cc(C(=O)O)c1C. The predicted octanol–water partition coefficient (Wildman–Crippen LogP) is 2.97. The van der Waals surface area contributed by atoms with Crippen molar-refractivity contribution >= 4 is 5.97 Å². The number of benzene rings is 1. The molecule has 0 aliphatic heterocycles. The largest absolute Gasteiger partial charge is 0.478 e. The topological polar surface area (TPSA) is 66.0 Å². The van der Waals surface area contributed by atoms with Crippen molar-refractivity contribution in [2.75, 3.05) is 0 Å². The number of carbonyl (C=O) groups is 1. The molecule has 0 unspecified atom stereocenters. The summed E-state index contributed by atoms with van der Waals surface area (Å²) in [4.78, 5) is 11.2. The van der Waals surface area contributed by atoms with Crippen molar-refractivity contribution in [3.05, 3.63) is 52.3 Å². The van der Waals surface area contributed by atoms with Crippen molar-refractivity contribution in [3.63, 3.8) is 0 Å². The monoisotopic (exact) mass is 254 g/mol. The van der Waals surface area contributed by atoms with Gasteiger partial charge in [-0.25, -0.2) is 4.79 Å². The molecule has 0 spiro atoms. The van der Waals surface area contributed by atoms with Gasteiger partial charge in [0.15, 0.2) is 0 Å². The molecule has 0 aliphatic carbocycles. The van der Waals surface area contributed by atoms with Gasteiger partial charge in [0.1, 0.15) is 0 Å². The van der Waals surface area contributed by atoms with Crippen molar-refractivity contribution in [1.29, 1.82) is 5.26 Å². The highest BCUT2D eigenvalue weighted by atomic mass is 16.4. The highest BCUT2D eigenvalue weighted by Gasteiger charge is 2.16. The highest BCUT2D eigenvalue weighted by Crippen LogP contribution is 2.24. The minimum Gasteiger partial charge on any atom is -0.478 e. The number of aromatic nitrogens is 1. The Morgan fingerprint density at radius 1 is 1.26 bits per heavy atom. The maximum atomic E-state index is 11.2. The van der Waals surface area contributed by atoms with Crippen molar-refractivity contribution in [1.82, 2.24) is 4.57 Å². The van der Waals surface area contributed by atoms with E-state index < -0.39 is 5.97 Å². The van der Waals surface area contributed by atoms with Crippen LogP contribution in [-0.4, -0.2) is 15.6 Å². The van der Waals surface area contributed by atoms with Gasteiger partial charge in [0.25, 0.3) is 0 Å². The molecule has 1 N–H and O–H groups in total. The van der Waals surface area contributed by atoms with Gasteiger partial charge in [-0.15, -0.1) is 0 Å². The normalized spacial score (nSPS) is 10.2. The zero-order chi connectivity index (χ0) is 14.2. The molecule has 0 saturated carbocycles. The summed E-state index contributed by atoms with van der Waals surface area (Å²) in [6, 6.07) is 9.15. The molecule has 1 aromatic carbocycles. The van der Waals surface area contributed by atoms with Crippen LogP contribution in [0.2, 0.25) is 0 Å². The smallest absolute Gasteiger partial charge is 0.337 e. The zero-order valence-corrected chi connectivity index (χ0v) is 11.1. The second-order valence-corrected chi connectivity index (χ2v) is 4.54. The number of carboxylic acid groups (broad SMARTS) is 1. The van der Waals surface area contributed by atoms with Gasteiger partial charge in [-0.2, -0.15) is 5.26 Å². The van der Waals surface area contributed by atoms with E-state index in [4.69, 9.17) is 10.4 Å². The lowest BCUT2D eigenvalue weighted by molar-refractivity contribution is 0.0696. The Kier molecular flexibility index (Phi) is 3.14. The summed E-state index contributed by atoms with van der Waals surface area (Å²) in [6.07, 6.45) is 0.